The summed E-state index contributed by atoms with van der Waals surface area (Å²) in [7, 11) is 0. The second kappa shape index (κ2) is 8.07. The molecule has 0 aromatic carbocycles. The summed E-state index contributed by atoms with van der Waals surface area (Å²) in [6, 6.07) is 4.13. The van der Waals surface area contributed by atoms with Crippen molar-refractivity contribution in [2.75, 3.05) is 5.73 Å². The molecule has 3 N–H and O–H groups in total. The van der Waals surface area contributed by atoms with Gasteiger partial charge in [-0.05, 0) is 72.5 Å². The number of aliphatic carboxylic acids is 1. The molecule has 0 aliphatic heterocycles. The number of nitrogen functional groups attached to an aromatic ring is 1. The molecule has 3 aromatic rings. The Kier molecular flexibility index (Phi) is 5.25. The molecule has 160 valence electrons. The topological polar surface area (TPSA) is 106 Å². The van der Waals surface area contributed by atoms with Gasteiger partial charge in [0.2, 0.25) is 0 Å². The lowest BCUT2D eigenvalue weighted by atomic mass is 9.80. The third-order valence-corrected chi connectivity index (χ3v) is 7.37. The van der Waals surface area contributed by atoms with Gasteiger partial charge in [0, 0.05) is 23.2 Å². The van der Waals surface area contributed by atoms with E-state index in [0.717, 1.165) is 52.7 Å². The van der Waals surface area contributed by atoms with Crippen molar-refractivity contribution in [2.45, 2.75) is 50.9 Å². The minimum atomic E-state index is -0.706. The Hall–Kier alpha value is -2.74. The molecule has 0 atom stereocenters. The number of hydrogen-bond donors (Lipinski definition) is 2. The number of carbonyl (C=O) groups is 1. The zero-order valence-electron chi connectivity index (χ0n) is 17.1. The van der Waals surface area contributed by atoms with Crippen LogP contribution in [0.15, 0.2) is 35.1 Å². The van der Waals surface area contributed by atoms with Crippen LogP contribution >= 0.6 is 15.9 Å². The Balaban J connectivity index is 1.50. The summed E-state index contributed by atoms with van der Waals surface area (Å²) in [4.78, 5) is 20.9. The van der Waals surface area contributed by atoms with E-state index in [1.165, 1.54) is 12.0 Å². The maximum Gasteiger partial charge on any atom is 0.306 e. The molecule has 8 heteroatoms. The normalized spacial score (nSPS) is 21.4. The maximum atomic E-state index is 11.3. The van der Waals surface area contributed by atoms with Crippen molar-refractivity contribution in [3.8, 4) is 11.1 Å². The van der Waals surface area contributed by atoms with Crippen molar-refractivity contribution in [1.82, 2.24) is 19.6 Å². The standard InChI is InChI=1S/C23H24BrN5O2/c24-19-20(14-5-7-15(8-6-14)23(30)31)28-22-17(12-27-29(22)21(19)25)16-9-10-18(26-11-16)13-3-1-2-4-13/h3,9-12,14-15H,1-2,4-8,25H2,(H,30,31)/t14-,15-. The summed E-state index contributed by atoms with van der Waals surface area (Å²) < 4.78 is 2.40. The van der Waals surface area contributed by atoms with Crippen molar-refractivity contribution in [3.05, 3.63) is 46.5 Å². The molecule has 0 bridgehead atoms. The van der Waals surface area contributed by atoms with Crippen LogP contribution in [0.25, 0.3) is 22.3 Å². The minimum Gasteiger partial charge on any atom is -0.481 e. The number of anilines is 1. The summed E-state index contributed by atoms with van der Waals surface area (Å²) >= 11 is 3.61. The van der Waals surface area contributed by atoms with E-state index in [2.05, 4.69) is 44.2 Å². The van der Waals surface area contributed by atoms with E-state index in [4.69, 9.17) is 10.7 Å². The fraction of sp³-hybridized carbons (Fsp3) is 0.391. The molecule has 3 heterocycles. The first-order valence-corrected chi connectivity index (χ1v) is 11.5. The van der Waals surface area contributed by atoms with Crippen LogP contribution in [0.1, 0.15) is 62.3 Å². The Morgan fingerprint density at radius 1 is 1.19 bits per heavy atom. The van der Waals surface area contributed by atoms with Gasteiger partial charge in [0.25, 0.3) is 0 Å². The SMILES string of the molecule is Nc1c(Br)c([C@H]2CC[C@H](C(=O)O)CC2)nc2c(-c3ccc(C4=CCCC4)nc3)cnn12. The highest BCUT2D eigenvalue weighted by molar-refractivity contribution is 9.10. The van der Waals surface area contributed by atoms with Gasteiger partial charge in [-0.2, -0.15) is 9.61 Å². The molecule has 2 aliphatic rings. The number of pyridine rings is 1. The van der Waals surface area contributed by atoms with Gasteiger partial charge in [0.05, 0.1) is 28.0 Å². The zero-order valence-corrected chi connectivity index (χ0v) is 18.7. The van der Waals surface area contributed by atoms with E-state index in [9.17, 15) is 9.90 Å². The molecule has 31 heavy (non-hydrogen) atoms. The monoisotopic (exact) mass is 481 g/mol. The quantitative estimate of drug-likeness (QED) is 0.538. The van der Waals surface area contributed by atoms with Gasteiger partial charge >= 0.3 is 5.97 Å². The highest BCUT2D eigenvalue weighted by Crippen LogP contribution is 2.40. The number of allylic oxidation sites excluding steroid dienone is 2. The maximum absolute atomic E-state index is 11.3. The van der Waals surface area contributed by atoms with Gasteiger partial charge < -0.3 is 10.8 Å². The Morgan fingerprint density at radius 2 is 2.00 bits per heavy atom. The van der Waals surface area contributed by atoms with Crippen molar-refractivity contribution < 1.29 is 9.90 Å². The molecular formula is C23H24BrN5O2. The zero-order chi connectivity index (χ0) is 21.5. The molecule has 0 spiro atoms. The second-order valence-electron chi connectivity index (χ2n) is 8.43. The van der Waals surface area contributed by atoms with Crippen LogP contribution < -0.4 is 5.73 Å². The van der Waals surface area contributed by atoms with Gasteiger partial charge in [-0.25, -0.2) is 4.98 Å². The van der Waals surface area contributed by atoms with Crippen LogP contribution in [0.2, 0.25) is 0 Å². The van der Waals surface area contributed by atoms with Gasteiger partial charge in [0.15, 0.2) is 5.65 Å². The van der Waals surface area contributed by atoms with Crippen LogP contribution in [0.5, 0.6) is 0 Å². The van der Waals surface area contributed by atoms with E-state index in [-0.39, 0.29) is 11.8 Å². The van der Waals surface area contributed by atoms with Crippen molar-refractivity contribution in [3.63, 3.8) is 0 Å². The highest BCUT2D eigenvalue weighted by atomic mass is 79.9. The van der Waals surface area contributed by atoms with Gasteiger partial charge in [-0.15, -0.1) is 0 Å². The van der Waals surface area contributed by atoms with Crippen LogP contribution in [0, 0.1) is 5.92 Å². The fourth-order valence-electron chi connectivity index (χ4n) is 4.75. The summed E-state index contributed by atoms with van der Waals surface area (Å²) in [6.07, 6.45) is 12.2. The highest BCUT2D eigenvalue weighted by Gasteiger charge is 2.30. The molecule has 2 aliphatic carbocycles. The Morgan fingerprint density at radius 3 is 2.65 bits per heavy atom. The van der Waals surface area contributed by atoms with E-state index >= 15 is 0 Å². The average molecular weight is 482 g/mol. The predicted molar refractivity (Wildman–Crippen MR) is 122 cm³/mol. The number of carboxylic acids is 1. The van der Waals surface area contributed by atoms with Crippen LogP contribution in [0.3, 0.4) is 0 Å². The van der Waals surface area contributed by atoms with Gasteiger partial charge in [-0.3, -0.25) is 9.78 Å². The fourth-order valence-corrected chi connectivity index (χ4v) is 5.33. The number of nitrogens with zero attached hydrogens (tertiary/aromatic N) is 4. The number of nitrogens with two attached hydrogens (primary N) is 1. The third-order valence-electron chi connectivity index (χ3n) is 6.56. The number of halogens is 1. The molecule has 0 amide bonds. The molecule has 7 nitrogen and oxygen atoms in total. The molecule has 0 unspecified atom stereocenters. The van der Waals surface area contributed by atoms with Crippen molar-refractivity contribution in [1.29, 1.82) is 0 Å². The predicted octanol–water partition coefficient (Wildman–Crippen LogP) is 5.06. The lowest BCUT2D eigenvalue weighted by Crippen LogP contribution is -2.21. The van der Waals surface area contributed by atoms with E-state index in [1.54, 1.807) is 10.7 Å². The minimum absolute atomic E-state index is 0.176. The average Bonchev–Trinajstić information content (AvgIpc) is 3.47. The third kappa shape index (κ3) is 3.63. The largest absolute Gasteiger partial charge is 0.481 e. The van der Waals surface area contributed by atoms with E-state index < -0.39 is 5.97 Å². The lowest BCUT2D eigenvalue weighted by Gasteiger charge is -2.26. The van der Waals surface area contributed by atoms with Crippen LogP contribution in [-0.4, -0.2) is 30.7 Å². The van der Waals surface area contributed by atoms with Crippen molar-refractivity contribution in [2.24, 2.45) is 5.92 Å². The molecule has 0 radical (unpaired) electrons. The van der Waals surface area contributed by atoms with Gasteiger partial charge in [-0.1, -0.05) is 12.1 Å². The number of hydrogen-bond acceptors (Lipinski definition) is 5. The van der Waals surface area contributed by atoms with E-state index in [1.807, 2.05) is 6.20 Å². The smallest absolute Gasteiger partial charge is 0.306 e. The number of rotatable bonds is 4. The molecule has 0 saturated heterocycles. The summed E-state index contributed by atoms with van der Waals surface area (Å²) in [6.45, 7) is 0. The summed E-state index contributed by atoms with van der Waals surface area (Å²) in [5, 5.41) is 13.8. The van der Waals surface area contributed by atoms with Crippen molar-refractivity contribution >= 4 is 38.9 Å². The van der Waals surface area contributed by atoms with Crippen LogP contribution in [0.4, 0.5) is 5.82 Å². The lowest BCUT2D eigenvalue weighted by molar-refractivity contribution is -0.142. The Bertz CT molecular complexity index is 1180. The number of carboxylic acid groups (broad SMARTS) is 1. The first kappa shape index (κ1) is 20.2. The first-order valence-electron chi connectivity index (χ1n) is 10.7. The Labute approximate surface area is 188 Å². The summed E-state index contributed by atoms with van der Waals surface area (Å²) in [5.74, 6) is -0.286. The second-order valence-corrected chi connectivity index (χ2v) is 9.22. The van der Waals surface area contributed by atoms with Gasteiger partial charge in [0.1, 0.15) is 5.82 Å². The van der Waals surface area contributed by atoms with E-state index in [0.29, 0.717) is 24.3 Å². The molecular weight excluding hydrogens is 458 g/mol. The van der Waals surface area contributed by atoms with Crippen LogP contribution in [-0.2, 0) is 4.79 Å². The molecule has 5 rings (SSSR count). The number of fused-ring (bicyclic) bond motifs is 1. The first-order chi connectivity index (χ1) is 15.0. The summed E-state index contributed by atoms with van der Waals surface area (Å²) in [5.41, 5.74) is 12.2. The molecule has 1 saturated carbocycles. The molecule has 1 fully saturated rings. The number of aromatic nitrogens is 4. The molecule has 3 aromatic heterocycles.